The van der Waals surface area contributed by atoms with Gasteiger partial charge in [-0.25, -0.2) is 0 Å². The van der Waals surface area contributed by atoms with Crippen molar-refractivity contribution in [2.45, 2.75) is 44.4 Å². The van der Waals surface area contributed by atoms with E-state index in [4.69, 9.17) is 0 Å². The first-order valence-corrected chi connectivity index (χ1v) is 10.2. The van der Waals surface area contributed by atoms with E-state index in [0.717, 1.165) is 0 Å². The van der Waals surface area contributed by atoms with Crippen LogP contribution in [-0.2, 0) is 17.6 Å². The Morgan fingerprint density at radius 3 is 2.57 bits per heavy atom. The average molecular weight is 338 g/mol. The molecule has 0 radical (unpaired) electrons. The van der Waals surface area contributed by atoms with Crippen LogP contribution in [0.5, 0.6) is 0 Å². The highest BCUT2D eigenvalue weighted by molar-refractivity contribution is 7.98. The Balaban J connectivity index is 1.91. The van der Waals surface area contributed by atoms with Gasteiger partial charge in [0.05, 0.1) is 6.04 Å². The molecule has 0 saturated heterocycles. The topological polar surface area (TPSA) is 12.0 Å². The molecule has 1 N–H and O–H groups in total. The largest absolute Gasteiger partial charge is 0.308 e. The van der Waals surface area contributed by atoms with Crippen molar-refractivity contribution in [2.75, 3.05) is 12.8 Å². The first kappa shape index (κ1) is 15.6. The molecule has 2 aromatic heterocycles. The van der Waals surface area contributed by atoms with Crippen molar-refractivity contribution in [3.63, 3.8) is 0 Å². The average Bonchev–Trinajstić information content (AvgIpc) is 3.05. The van der Waals surface area contributed by atoms with Crippen molar-refractivity contribution in [3.8, 4) is 0 Å². The molecule has 21 heavy (non-hydrogen) atoms. The third kappa shape index (κ3) is 3.24. The molecule has 3 heterocycles. The zero-order valence-corrected chi connectivity index (χ0v) is 15.6. The Morgan fingerprint density at radius 1 is 1.14 bits per heavy atom. The van der Waals surface area contributed by atoms with Gasteiger partial charge >= 0.3 is 0 Å². The molecule has 1 nitrogen and oxygen atoms in total. The van der Waals surface area contributed by atoms with E-state index < -0.39 is 0 Å². The number of aryl methyl sites for hydroxylation is 1. The summed E-state index contributed by atoms with van der Waals surface area (Å²) in [5.74, 6) is 2.48. The van der Waals surface area contributed by atoms with Gasteiger partial charge in [-0.3, -0.25) is 0 Å². The van der Waals surface area contributed by atoms with Crippen LogP contribution in [0.2, 0.25) is 0 Å². The van der Waals surface area contributed by atoms with Gasteiger partial charge < -0.3 is 5.32 Å². The van der Waals surface area contributed by atoms with Crippen LogP contribution in [0.3, 0.4) is 0 Å². The highest BCUT2D eigenvalue weighted by Gasteiger charge is 2.23. The normalized spacial score (nSPS) is 16.8. The molecule has 1 atom stereocenters. The number of hydrogen-bond donors (Lipinski definition) is 1. The van der Waals surface area contributed by atoms with Crippen LogP contribution in [0.15, 0.2) is 18.2 Å². The van der Waals surface area contributed by atoms with Crippen molar-refractivity contribution in [3.05, 3.63) is 43.3 Å². The first-order chi connectivity index (χ1) is 9.99. The molecular formula is C17H23NS3. The number of hydrogen-bond acceptors (Lipinski definition) is 4. The van der Waals surface area contributed by atoms with Crippen molar-refractivity contribution in [1.82, 2.24) is 5.32 Å². The molecular weight excluding hydrogens is 314 g/mol. The molecule has 1 aliphatic rings. The van der Waals surface area contributed by atoms with E-state index in [-0.39, 0.29) is 5.41 Å². The Labute approximate surface area is 140 Å². The number of nitrogens with one attached hydrogen (secondary N) is 1. The summed E-state index contributed by atoms with van der Waals surface area (Å²) in [4.78, 5) is 5.99. The van der Waals surface area contributed by atoms with Crippen LogP contribution in [0.1, 0.15) is 51.9 Å². The van der Waals surface area contributed by atoms with Crippen molar-refractivity contribution >= 4 is 34.4 Å². The van der Waals surface area contributed by atoms with Crippen LogP contribution >= 0.6 is 34.4 Å². The Bertz CT molecular complexity index is 595. The quantitative estimate of drug-likeness (QED) is 0.825. The molecule has 3 rings (SSSR count). The third-order valence-electron chi connectivity index (χ3n) is 3.87. The molecule has 0 spiro atoms. The van der Waals surface area contributed by atoms with Gasteiger partial charge in [0.15, 0.2) is 0 Å². The summed E-state index contributed by atoms with van der Waals surface area (Å²) >= 11 is 6.03. The van der Waals surface area contributed by atoms with Crippen molar-refractivity contribution in [1.29, 1.82) is 0 Å². The molecule has 4 heteroatoms. The van der Waals surface area contributed by atoms with E-state index in [9.17, 15) is 0 Å². The van der Waals surface area contributed by atoms with E-state index in [0.29, 0.717) is 6.04 Å². The molecule has 0 bridgehead atoms. The number of thioether (sulfide) groups is 1. The summed E-state index contributed by atoms with van der Waals surface area (Å²) in [6, 6.07) is 7.39. The molecule has 0 aliphatic carbocycles. The molecule has 114 valence electrons. The first-order valence-electron chi connectivity index (χ1n) is 7.46. The summed E-state index contributed by atoms with van der Waals surface area (Å²) in [5, 5.41) is 3.52. The van der Waals surface area contributed by atoms with Crippen LogP contribution in [0.25, 0.3) is 0 Å². The summed E-state index contributed by atoms with van der Waals surface area (Å²) in [6.45, 7) is 6.87. The van der Waals surface area contributed by atoms with Gasteiger partial charge in [0.2, 0.25) is 0 Å². The fraction of sp³-hybridized carbons (Fsp3) is 0.529. The minimum atomic E-state index is 0.243. The predicted octanol–water partition coefficient (Wildman–Crippen LogP) is 5.21. The zero-order valence-electron chi connectivity index (χ0n) is 13.2. The Morgan fingerprint density at radius 2 is 1.95 bits per heavy atom. The second-order valence-electron chi connectivity index (χ2n) is 6.57. The maximum absolute atomic E-state index is 3.52. The lowest BCUT2D eigenvalue weighted by Crippen LogP contribution is -2.15. The Kier molecular flexibility index (Phi) is 4.51. The van der Waals surface area contributed by atoms with Crippen LogP contribution < -0.4 is 5.32 Å². The molecule has 0 aromatic carbocycles. The summed E-state index contributed by atoms with van der Waals surface area (Å²) in [6.07, 6.45) is 1.25. The van der Waals surface area contributed by atoms with Crippen LogP contribution in [-0.4, -0.2) is 12.8 Å². The van der Waals surface area contributed by atoms with Crippen molar-refractivity contribution < 1.29 is 0 Å². The summed E-state index contributed by atoms with van der Waals surface area (Å²) in [7, 11) is 2.08. The van der Waals surface area contributed by atoms with E-state index in [2.05, 4.69) is 63.1 Å². The lowest BCUT2D eigenvalue weighted by Gasteiger charge is -2.16. The molecule has 0 saturated carbocycles. The molecule has 2 aromatic rings. The monoisotopic (exact) mass is 337 g/mol. The van der Waals surface area contributed by atoms with Crippen molar-refractivity contribution in [2.24, 2.45) is 0 Å². The van der Waals surface area contributed by atoms with Gasteiger partial charge in [0, 0.05) is 25.3 Å². The van der Waals surface area contributed by atoms with Gasteiger partial charge in [-0.05, 0) is 48.4 Å². The summed E-state index contributed by atoms with van der Waals surface area (Å²) in [5.41, 5.74) is 1.81. The summed E-state index contributed by atoms with van der Waals surface area (Å²) < 4.78 is 0. The lowest BCUT2D eigenvalue weighted by molar-refractivity contribution is 0.604. The van der Waals surface area contributed by atoms with Crippen LogP contribution in [0.4, 0.5) is 0 Å². The van der Waals surface area contributed by atoms with Gasteiger partial charge in [-0.2, -0.15) is 11.8 Å². The zero-order chi connectivity index (χ0) is 15.0. The second-order valence-corrected chi connectivity index (χ2v) is 9.96. The fourth-order valence-corrected chi connectivity index (χ4v) is 6.42. The van der Waals surface area contributed by atoms with E-state index in [1.165, 1.54) is 32.6 Å². The number of rotatable bonds is 3. The minimum absolute atomic E-state index is 0.243. The van der Waals surface area contributed by atoms with Gasteiger partial charge in [-0.15, -0.1) is 22.7 Å². The standard InChI is InChI=1S/C17H23NS3/c1-17(2,3)15-6-5-13(21-15)16(18-4)14-9-11-10-19-8-7-12(11)20-14/h5-6,9,16,18H,7-8,10H2,1-4H3. The van der Waals surface area contributed by atoms with E-state index >= 15 is 0 Å². The maximum atomic E-state index is 3.52. The van der Waals surface area contributed by atoms with Gasteiger partial charge in [-0.1, -0.05) is 20.8 Å². The Hall–Kier alpha value is -0.290. The fourth-order valence-electron chi connectivity index (χ4n) is 2.65. The maximum Gasteiger partial charge on any atom is 0.0762 e. The minimum Gasteiger partial charge on any atom is -0.308 e. The van der Waals surface area contributed by atoms with E-state index in [1.54, 1.807) is 10.4 Å². The number of fused-ring (bicyclic) bond motifs is 1. The smallest absolute Gasteiger partial charge is 0.0762 e. The molecule has 1 unspecified atom stereocenters. The lowest BCUT2D eigenvalue weighted by atomic mass is 9.95. The highest BCUT2D eigenvalue weighted by Crippen LogP contribution is 2.39. The van der Waals surface area contributed by atoms with E-state index in [1.807, 2.05) is 22.7 Å². The molecule has 0 amide bonds. The SMILES string of the molecule is CNC(c1ccc(C(C)(C)C)s1)c1cc2c(s1)CCSC2. The second kappa shape index (κ2) is 6.07. The van der Waals surface area contributed by atoms with Gasteiger partial charge in [0.1, 0.15) is 0 Å². The van der Waals surface area contributed by atoms with Crippen LogP contribution in [0, 0.1) is 0 Å². The number of thiophene rings is 2. The predicted molar refractivity (Wildman–Crippen MR) is 98.1 cm³/mol. The highest BCUT2D eigenvalue weighted by atomic mass is 32.2. The molecule has 0 fully saturated rings. The third-order valence-corrected chi connectivity index (χ3v) is 7.76. The molecule has 1 aliphatic heterocycles. The van der Waals surface area contributed by atoms with Gasteiger partial charge in [0.25, 0.3) is 0 Å².